The number of anilines is 2. The minimum absolute atomic E-state index is 0.231. The minimum atomic E-state index is -0.607. The molecule has 0 unspecified atom stereocenters. The van der Waals surface area contributed by atoms with Crippen molar-refractivity contribution in [1.29, 1.82) is 0 Å². The van der Waals surface area contributed by atoms with Gasteiger partial charge in [-0.1, -0.05) is 48.5 Å². The van der Waals surface area contributed by atoms with Gasteiger partial charge in [0.1, 0.15) is 5.75 Å². The average Bonchev–Trinajstić information content (AvgIpc) is 2.90. The van der Waals surface area contributed by atoms with Crippen LogP contribution in [0.15, 0.2) is 60.7 Å². The van der Waals surface area contributed by atoms with E-state index < -0.39 is 5.72 Å². The molecule has 0 saturated carbocycles. The highest BCUT2D eigenvalue weighted by molar-refractivity contribution is 5.97. The molecule has 4 heteroatoms. The molecule has 0 aliphatic carbocycles. The van der Waals surface area contributed by atoms with Gasteiger partial charge in [-0.25, -0.2) is 0 Å². The molecular weight excluding hydrogens is 336 g/mol. The fraction of sp³-hybridized carbons (Fsp3) is 0.304. The second kappa shape index (κ2) is 4.96. The first-order chi connectivity index (χ1) is 13.1. The SMILES string of the molecule is CC1(C)c2ccccc2N2CCO[C@H]3Nc4c(ccc5ccccc45)O[C@]321. The van der Waals surface area contributed by atoms with Crippen LogP contribution in [0.25, 0.3) is 10.8 Å². The summed E-state index contributed by atoms with van der Waals surface area (Å²) >= 11 is 0. The molecule has 2 atom stereocenters. The maximum absolute atomic E-state index is 6.89. The molecule has 1 N–H and O–H groups in total. The van der Waals surface area contributed by atoms with Crippen LogP contribution in [0.4, 0.5) is 11.4 Å². The van der Waals surface area contributed by atoms with Gasteiger partial charge in [0, 0.05) is 17.6 Å². The predicted molar refractivity (Wildman–Crippen MR) is 107 cm³/mol. The summed E-state index contributed by atoms with van der Waals surface area (Å²) in [5.74, 6) is 0.890. The monoisotopic (exact) mass is 358 g/mol. The molecule has 6 rings (SSSR count). The lowest BCUT2D eigenvalue weighted by Gasteiger charge is -2.56. The number of ether oxygens (including phenoxy) is 2. The number of rotatable bonds is 0. The molecule has 3 aromatic carbocycles. The number of benzene rings is 3. The van der Waals surface area contributed by atoms with Crippen LogP contribution in [0.5, 0.6) is 5.75 Å². The van der Waals surface area contributed by atoms with Gasteiger partial charge in [0.25, 0.3) is 0 Å². The molecule has 136 valence electrons. The van der Waals surface area contributed by atoms with Crippen molar-refractivity contribution >= 4 is 22.1 Å². The van der Waals surface area contributed by atoms with E-state index in [0.717, 1.165) is 18.0 Å². The molecule has 1 spiro atoms. The van der Waals surface area contributed by atoms with E-state index in [4.69, 9.17) is 9.47 Å². The third kappa shape index (κ3) is 1.72. The third-order valence-electron chi connectivity index (χ3n) is 6.55. The Bertz CT molecular complexity index is 1080. The van der Waals surface area contributed by atoms with Crippen molar-refractivity contribution in [2.45, 2.75) is 31.2 Å². The van der Waals surface area contributed by atoms with Gasteiger partial charge in [0.05, 0.1) is 17.7 Å². The van der Waals surface area contributed by atoms with Gasteiger partial charge in [-0.2, -0.15) is 0 Å². The Labute approximate surface area is 158 Å². The van der Waals surface area contributed by atoms with Gasteiger partial charge in [-0.05, 0) is 36.9 Å². The number of hydrogen-bond acceptors (Lipinski definition) is 4. The van der Waals surface area contributed by atoms with Crippen molar-refractivity contribution in [1.82, 2.24) is 0 Å². The zero-order chi connectivity index (χ0) is 18.2. The van der Waals surface area contributed by atoms with Crippen molar-refractivity contribution in [3.63, 3.8) is 0 Å². The average molecular weight is 358 g/mol. The summed E-state index contributed by atoms with van der Waals surface area (Å²) in [5.41, 5.74) is 2.75. The van der Waals surface area contributed by atoms with Crippen molar-refractivity contribution in [3.8, 4) is 5.75 Å². The maximum Gasteiger partial charge on any atom is 0.237 e. The lowest BCUT2D eigenvalue weighted by atomic mass is 9.75. The summed E-state index contributed by atoms with van der Waals surface area (Å²) in [5, 5.41) is 6.07. The number of nitrogens with zero attached hydrogens (tertiary/aromatic N) is 1. The zero-order valence-corrected chi connectivity index (χ0v) is 15.5. The smallest absolute Gasteiger partial charge is 0.237 e. The summed E-state index contributed by atoms with van der Waals surface area (Å²) in [6, 6.07) is 21.3. The maximum atomic E-state index is 6.89. The zero-order valence-electron chi connectivity index (χ0n) is 15.5. The second-order valence-corrected chi connectivity index (χ2v) is 8.15. The van der Waals surface area contributed by atoms with Gasteiger partial charge in [-0.15, -0.1) is 0 Å². The van der Waals surface area contributed by atoms with Crippen LogP contribution < -0.4 is 15.0 Å². The molecule has 1 saturated heterocycles. The minimum Gasteiger partial charge on any atom is -0.460 e. The highest BCUT2D eigenvalue weighted by Gasteiger charge is 2.67. The van der Waals surface area contributed by atoms with Gasteiger partial charge in [-0.3, -0.25) is 0 Å². The fourth-order valence-electron chi connectivity index (χ4n) is 5.24. The van der Waals surface area contributed by atoms with Gasteiger partial charge < -0.3 is 19.7 Å². The number of hydrogen-bond donors (Lipinski definition) is 1. The van der Waals surface area contributed by atoms with Crippen LogP contribution in [-0.4, -0.2) is 25.1 Å². The Morgan fingerprint density at radius 1 is 1.00 bits per heavy atom. The Hall–Kier alpha value is -2.72. The van der Waals surface area contributed by atoms with Crippen molar-refractivity contribution in [3.05, 3.63) is 66.2 Å². The standard InChI is InChI=1S/C23H22N2O2/c1-22(2)17-9-5-6-10-18(17)25-13-14-26-21-23(22,25)27-19-12-11-15-7-3-4-8-16(15)20(19)24-21/h3-12,21,24H,13-14H2,1-2H3/t21-,23+/m1/s1. The van der Waals surface area contributed by atoms with Crippen LogP contribution in [0, 0.1) is 0 Å². The molecule has 0 radical (unpaired) electrons. The van der Waals surface area contributed by atoms with E-state index in [9.17, 15) is 0 Å². The number of morpholine rings is 1. The summed E-state index contributed by atoms with van der Waals surface area (Å²) in [7, 11) is 0. The van der Waals surface area contributed by atoms with E-state index in [-0.39, 0.29) is 11.6 Å². The summed E-state index contributed by atoms with van der Waals surface area (Å²) in [6.07, 6.45) is -0.244. The predicted octanol–water partition coefficient (Wildman–Crippen LogP) is 4.49. The molecular formula is C23H22N2O2. The number of para-hydroxylation sites is 1. The van der Waals surface area contributed by atoms with Crippen LogP contribution >= 0.6 is 0 Å². The van der Waals surface area contributed by atoms with E-state index in [0.29, 0.717) is 6.61 Å². The van der Waals surface area contributed by atoms with E-state index in [2.05, 4.69) is 84.7 Å². The van der Waals surface area contributed by atoms with Crippen molar-refractivity contribution < 1.29 is 9.47 Å². The summed E-state index contributed by atoms with van der Waals surface area (Å²) < 4.78 is 13.2. The molecule has 0 bridgehead atoms. The first kappa shape index (κ1) is 15.3. The normalized spacial score (nSPS) is 27.0. The molecule has 3 aliphatic heterocycles. The van der Waals surface area contributed by atoms with E-state index in [1.807, 2.05) is 0 Å². The largest absolute Gasteiger partial charge is 0.460 e. The Kier molecular flexibility index (Phi) is 2.82. The first-order valence-electron chi connectivity index (χ1n) is 9.59. The van der Waals surface area contributed by atoms with E-state index in [1.54, 1.807) is 0 Å². The van der Waals surface area contributed by atoms with Crippen LogP contribution in [0.1, 0.15) is 19.4 Å². The lowest BCUT2D eigenvalue weighted by molar-refractivity contribution is -0.139. The topological polar surface area (TPSA) is 33.7 Å². The van der Waals surface area contributed by atoms with E-state index in [1.165, 1.54) is 22.0 Å². The van der Waals surface area contributed by atoms with Gasteiger partial charge in [0.2, 0.25) is 5.72 Å². The Morgan fingerprint density at radius 3 is 2.74 bits per heavy atom. The molecule has 1 fully saturated rings. The van der Waals surface area contributed by atoms with Crippen molar-refractivity contribution in [2.75, 3.05) is 23.4 Å². The molecule has 3 heterocycles. The molecule has 27 heavy (non-hydrogen) atoms. The molecule has 0 amide bonds. The summed E-state index contributed by atoms with van der Waals surface area (Å²) in [6.45, 7) is 6.03. The number of nitrogens with one attached hydrogen (secondary N) is 1. The fourth-order valence-corrected chi connectivity index (χ4v) is 5.24. The molecule has 4 nitrogen and oxygen atoms in total. The quantitative estimate of drug-likeness (QED) is 0.642. The first-order valence-corrected chi connectivity index (χ1v) is 9.59. The molecule has 3 aliphatic rings. The highest BCUT2D eigenvalue weighted by atomic mass is 16.6. The Balaban J connectivity index is 1.59. The lowest BCUT2D eigenvalue weighted by Crippen LogP contribution is -2.73. The van der Waals surface area contributed by atoms with Gasteiger partial charge >= 0.3 is 0 Å². The van der Waals surface area contributed by atoms with Crippen LogP contribution in [0.3, 0.4) is 0 Å². The summed E-state index contributed by atoms with van der Waals surface area (Å²) in [4.78, 5) is 2.40. The third-order valence-corrected chi connectivity index (χ3v) is 6.55. The molecule has 0 aromatic heterocycles. The van der Waals surface area contributed by atoms with Crippen LogP contribution in [0.2, 0.25) is 0 Å². The Morgan fingerprint density at radius 2 is 1.81 bits per heavy atom. The van der Waals surface area contributed by atoms with Crippen molar-refractivity contribution in [2.24, 2.45) is 0 Å². The van der Waals surface area contributed by atoms with Crippen LogP contribution in [-0.2, 0) is 10.2 Å². The molecule has 3 aromatic rings. The van der Waals surface area contributed by atoms with Gasteiger partial charge in [0.15, 0.2) is 6.23 Å². The highest BCUT2D eigenvalue weighted by Crippen LogP contribution is 2.58. The van der Waals surface area contributed by atoms with E-state index >= 15 is 0 Å². The second-order valence-electron chi connectivity index (χ2n) is 8.15. The number of fused-ring (bicyclic) bond motifs is 5.